The van der Waals surface area contributed by atoms with Crippen molar-refractivity contribution in [1.29, 1.82) is 0 Å². The Morgan fingerprint density at radius 3 is 2.75 bits per heavy atom. The number of halogens is 1. The summed E-state index contributed by atoms with van der Waals surface area (Å²) in [5.74, 6) is 1.30. The minimum absolute atomic E-state index is 0.0365. The van der Waals surface area contributed by atoms with Gasteiger partial charge in [0.2, 0.25) is 5.89 Å². The molecule has 122 valence electrons. The number of ether oxygens (including phenoxy) is 2. The van der Waals surface area contributed by atoms with Gasteiger partial charge in [-0.25, -0.2) is 0 Å². The lowest BCUT2D eigenvalue weighted by atomic mass is 10.2. The van der Waals surface area contributed by atoms with E-state index in [1.54, 1.807) is 30.3 Å². The fraction of sp³-hybridized carbons (Fsp3) is 0.133. The molecule has 1 aliphatic heterocycles. The van der Waals surface area contributed by atoms with E-state index < -0.39 is 0 Å². The van der Waals surface area contributed by atoms with E-state index in [-0.39, 0.29) is 17.8 Å². The number of carbonyl (C=O) groups is 1. The monoisotopic (exact) mass is 407 g/mol. The quantitative estimate of drug-likeness (QED) is 0.713. The van der Waals surface area contributed by atoms with Gasteiger partial charge in [0.15, 0.2) is 11.5 Å². The molecular weight excluding hydrogens is 398 g/mol. The summed E-state index contributed by atoms with van der Waals surface area (Å²) in [6.45, 7) is 1.03. The molecule has 9 heteroatoms. The van der Waals surface area contributed by atoms with Crippen LogP contribution in [-0.4, -0.2) is 29.3 Å². The third-order valence-electron chi connectivity index (χ3n) is 3.23. The smallest absolute Gasteiger partial charge is 0.322 e. The number of thiophene rings is 1. The van der Waals surface area contributed by atoms with Crippen molar-refractivity contribution >= 4 is 39.2 Å². The fourth-order valence-corrected chi connectivity index (χ4v) is 3.44. The zero-order valence-corrected chi connectivity index (χ0v) is 14.5. The van der Waals surface area contributed by atoms with E-state index >= 15 is 0 Å². The van der Waals surface area contributed by atoms with Crippen LogP contribution in [-0.2, 0) is 0 Å². The highest BCUT2D eigenvalue weighted by atomic mass is 79.9. The lowest BCUT2D eigenvalue weighted by Crippen LogP contribution is -2.15. The first-order valence-corrected chi connectivity index (χ1v) is 8.60. The molecule has 0 atom stereocenters. The third-order valence-corrected chi connectivity index (χ3v) is 4.85. The normalized spacial score (nSPS) is 12.9. The van der Waals surface area contributed by atoms with Crippen LogP contribution in [0.3, 0.4) is 0 Å². The molecule has 1 amide bonds. The van der Waals surface area contributed by atoms with Crippen LogP contribution in [0.25, 0.3) is 11.5 Å². The van der Waals surface area contributed by atoms with Crippen molar-refractivity contribution < 1.29 is 18.7 Å². The molecule has 7 nitrogen and oxygen atoms in total. The van der Waals surface area contributed by atoms with Crippen LogP contribution < -0.4 is 14.8 Å². The van der Waals surface area contributed by atoms with Gasteiger partial charge >= 0.3 is 6.01 Å². The predicted octanol–water partition coefficient (Wildman–Crippen LogP) is 3.58. The average Bonchev–Trinajstić information content (AvgIpc) is 3.23. The molecule has 1 aliphatic rings. The first kappa shape index (κ1) is 15.2. The summed E-state index contributed by atoms with van der Waals surface area (Å²) in [5.41, 5.74) is 0.686. The van der Waals surface area contributed by atoms with Gasteiger partial charge in [-0.05, 0) is 46.3 Å². The van der Waals surface area contributed by atoms with Crippen LogP contribution in [0.15, 0.2) is 38.5 Å². The van der Waals surface area contributed by atoms with E-state index in [1.807, 2.05) is 0 Å². The van der Waals surface area contributed by atoms with Crippen molar-refractivity contribution in [2.24, 2.45) is 0 Å². The van der Waals surface area contributed by atoms with Crippen molar-refractivity contribution in [2.45, 2.75) is 0 Å². The van der Waals surface area contributed by atoms with E-state index in [0.29, 0.717) is 35.2 Å². The molecule has 0 fully saturated rings. The van der Waals surface area contributed by atoms with Gasteiger partial charge in [-0.1, -0.05) is 5.10 Å². The minimum Gasteiger partial charge on any atom is -0.486 e. The summed E-state index contributed by atoms with van der Waals surface area (Å²) in [6.07, 6.45) is 0. The number of anilines is 1. The van der Waals surface area contributed by atoms with E-state index in [1.165, 1.54) is 11.3 Å². The van der Waals surface area contributed by atoms with Crippen molar-refractivity contribution in [1.82, 2.24) is 10.2 Å². The van der Waals surface area contributed by atoms with E-state index in [2.05, 4.69) is 31.4 Å². The van der Waals surface area contributed by atoms with Gasteiger partial charge in [-0.15, -0.1) is 16.4 Å². The summed E-state index contributed by atoms with van der Waals surface area (Å²) in [6, 6.07) is 8.90. The van der Waals surface area contributed by atoms with E-state index in [0.717, 1.165) is 3.79 Å². The van der Waals surface area contributed by atoms with Crippen LogP contribution >= 0.6 is 27.3 Å². The maximum absolute atomic E-state index is 12.1. The SMILES string of the molecule is O=C(Nc1nnc(-c2ccc3c(c2)OCCO3)o1)c1ccc(Br)s1. The Bertz CT molecular complexity index is 908. The molecule has 2 aromatic heterocycles. The number of amides is 1. The number of hydrogen-bond acceptors (Lipinski definition) is 7. The van der Waals surface area contributed by atoms with Crippen molar-refractivity contribution in [2.75, 3.05) is 18.5 Å². The summed E-state index contributed by atoms with van der Waals surface area (Å²) >= 11 is 4.63. The topological polar surface area (TPSA) is 86.5 Å². The zero-order valence-electron chi connectivity index (χ0n) is 12.1. The molecule has 3 aromatic rings. The van der Waals surface area contributed by atoms with Crippen LogP contribution in [0.1, 0.15) is 9.67 Å². The highest BCUT2D eigenvalue weighted by Crippen LogP contribution is 2.34. The fourth-order valence-electron chi connectivity index (χ4n) is 2.16. The molecular formula is C15H10BrN3O4S. The minimum atomic E-state index is -0.303. The summed E-state index contributed by atoms with van der Waals surface area (Å²) < 4.78 is 17.4. The molecule has 3 heterocycles. The number of rotatable bonds is 3. The first-order chi connectivity index (χ1) is 11.7. The Morgan fingerprint density at radius 1 is 1.12 bits per heavy atom. The summed E-state index contributed by atoms with van der Waals surface area (Å²) in [4.78, 5) is 12.6. The molecule has 24 heavy (non-hydrogen) atoms. The molecule has 0 spiro atoms. The number of aromatic nitrogens is 2. The number of fused-ring (bicyclic) bond motifs is 1. The number of nitrogens with zero attached hydrogens (tertiary/aromatic N) is 2. The maximum atomic E-state index is 12.1. The second-order valence-corrected chi connectivity index (χ2v) is 7.29. The lowest BCUT2D eigenvalue weighted by molar-refractivity contribution is 0.102. The number of nitrogens with one attached hydrogen (secondary N) is 1. The van der Waals surface area contributed by atoms with Crippen molar-refractivity contribution in [3.05, 3.63) is 39.0 Å². The van der Waals surface area contributed by atoms with Crippen LogP contribution in [0.5, 0.6) is 11.5 Å². The maximum Gasteiger partial charge on any atom is 0.322 e. The largest absolute Gasteiger partial charge is 0.486 e. The molecule has 0 bridgehead atoms. The predicted molar refractivity (Wildman–Crippen MR) is 90.7 cm³/mol. The van der Waals surface area contributed by atoms with Gasteiger partial charge < -0.3 is 13.9 Å². The Hall–Kier alpha value is -2.39. The summed E-state index contributed by atoms with van der Waals surface area (Å²) in [7, 11) is 0. The molecule has 1 N–H and O–H groups in total. The van der Waals surface area contributed by atoms with Gasteiger partial charge in [0, 0.05) is 5.56 Å². The Morgan fingerprint density at radius 2 is 1.96 bits per heavy atom. The van der Waals surface area contributed by atoms with Crippen LogP contribution in [0.4, 0.5) is 6.01 Å². The second-order valence-electron chi connectivity index (χ2n) is 4.83. The standard InChI is InChI=1S/C15H10BrN3O4S/c16-12-4-3-11(24-12)13(20)17-15-19-18-14(23-15)8-1-2-9-10(7-8)22-6-5-21-9/h1-4,7H,5-6H2,(H,17,19,20). The molecule has 4 rings (SSSR count). The molecule has 0 saturated heterocycles. The lowest BCUT2D eigenvalue weighted by Gasteiger charge is -2.18. The third kappa shape index (κ3) is 3.00. The molecule has 0 radical (unpaired) electrons. The molecule has 0 saturated carbocycles. The van der Waals surface area contributed by atoms with E-state index in [4.69, 9.17) is 13.9 Å². The van der Waals surface area contributed by atoms with Crippen LogP contribution in [0, 0.1) is 0 Å². The van der Waals surface area contributed by atoms with Gasteiger partial charge in [0.25, 0.3) is 5.91 Å². The number of hydrogen-bond donors (Lipinski definition) is 1. The van der Waals surface area contributed by atoms with Crippen LogP contribution in [0.2, 0.25) is 0 Å². The van der Waals surface area contributed by atoms with Gasteiger partial charge in [-0.2, -0.15) is 0 Å². The highest BCUT2D eigenvalue weighted by molar-refractivity contribution is 9.11. The molecule has 0 unspecified atom stereocenters. The van der Waals surface area contributed by atoms with E-state index in [9.17, 15) is 4.79 Å². The number of carbonyl (C=O) groups excluding carboxylic acids is 1. The van der Waals surface area contributed by atoms with Gasteiger partial charge in [0.1, 0.15) is 13.2 Å². The Kier molecular flexibility index (Phi) is 3.95. The second kappa shape index (κ2) is 6.25. The Balaban J connectivity index is 1.53. The number of benzene rings is 1. The van der Waals surface area contributed by atoms with Crippen molar-refractivity contribution in [3.8, 4) is 23.0 Å². The highest BCUT2D eigenvalue weighted by Gasteiger charge is 2.17. The molecule has 0 aliphatic carbocycles. The zero-order chi connectivity index (χ0) is 16.5. The van der Waals surface area contributed by atoms with Crippen molar-refractivity contribution in [3.63, 3.8) is 0 Å². The first-order valence-electron chi connectivity index (χ1n) is 6.99. The average molecular weight is 408 g/mol. The van der Waals surface area contributed by atoms with Gasteiger partial charge in [-0.3, -0.25) is 10.1 Å². The Labute approximate surface area is 148 Å². The van der Waals surface area contributed by atoms with Gasteiger partial charge in [0.05, 0.1) is 8.66 Å². The summed E-state index contributed by atoms with van der Waals surface area (Å²) in [5, 5.41) is 10.4. The molecule has 1 aromatic carbocycles.